The Hall–Kier alpha value is -1.22. The molecule has 14 heavy (non-hydrogen) atoms. The van der Waals surface area contributed by atoms with Crippen LogP contribution in [0.1, 0.15) is 19.3 Å². The molecule has 3 N–H and O–H groups in total. The normalized spacial score (nSPS) is 26.4. The first-order chi connectivity index (χ1) is 6.77. The first-order valence-electron chi connectivity index (χ1n) is 5.00. The van der Waals surface area contributed by atoms with Crippen LogP contribution < -0.4 is 5.32 Å². The van der Waals surface area contributed by atoms with Crippen LogP contribution in [-0.4, -0.2) is 22.4 Å². The Balaban J connectivity index is 2.07. The second kappa shape index (κ2) is 3.88. The molecule has 0 spiro atoms. The van der Waals surface area contributed by atoms with Crippen LogP contribution in [-0.2, 0) is 0 Å². The minimum Gasteiger partial charge on any atom is -0.506 e. The van der Waals surface area contributed by atoms with Gasteiger partial charge in [-0.15, -0.1) is 0 Å². The van der Waals surface area contributed by atoms with Gasteiger partial charge in [0.1, 0.15) is 5.75 Å². The topological polar surface area (TPSA) is 52.5 Å². The first kappa shape index (κ1) is 9.34. The number of phenols is 1. The highest BCUT2D eigenvalue weighted by molar-refractivity contribution is 5.56. The van der Waals surface area contributed by atoms with E-state index in [-0.39, 0.29) is 17.9 Å². The molecule has 3 nitrogen and oxygen atoms in total. The number of benzene rings is 1. The molecule has 1 aromatic carbocycles. The van der Waals surface area contributed by atoms with E-state index < -0.39 is 0 Å². The van der Waals surface area contributed by atoms with E-state index in [9.17, 15) is 10.2 Å². The number of para-hydroxylation sites is 2. The van der Waals surface area contributed by atoms with Gasteiger partial charge < -0.3 is 15.5 Å². The van der Waals surface area contributed by atoms with Crippen LogP contribution in [0.15, 0.2) is 24.3 Å². The van der Waals surface area contributed by atoms with E-state index in [0.29, 0.717) is 5.69 Å². The summed E-state index contributed by atoms with van der Waals surface area (Å²) in [5.41, 5.74) is 0.707. The van der Waals surface area contributed by atoms with Gasteiger partial charge in [0.15, 0.2) is 0 Å². The molecule has 0 radical (unpaired) electrons. The third-order valence-corrected chi connectivity index (χ3v) is 2.72. The summed E-state index contributed by atoms with van der Waals surface area (Å²) in [6, 6.07) is 7.20. The number of aliphatic hydroxyl groups is 1. The summed E-state index contributed by atoms with van der Waals surface area (Å²) in [5, 5.41) is 22.3. The van der Waals surface area contributed by atoms with Crippen molar-refractivity contribution in [3.05, 3.63) is 24.3 Å². The van der Waals surface area contributed by atoms with Gasteiger partial charge in [-0.25, -0.2) is 0 Å². The van der Waals surface area contributed by atoms with E-state index in [2.05, 4.69) is 5.32 Å². The molecule has 2 rings (SSSR count). The van der Waals surface area contributed by atoms with E-state index in [0.717, 1.165) is 19.3 Å². The molecule has 3 heteroatoms. The average molecular weight is 193 g/mol. The summed E-state index contributed by atoms with van der Waals surface area (Å²) in [5.74, 6) is 0.242. The SMILES string of the molecule is Oc1ccccc1N[C@@H]1CCC[C@H]1O. The molecule has 0 heterocycles. The Morgan fingerprint density at radius 2 is 2.00 bits per heavy atom. The molecular formula is C11H15NO2. The summed E-state index contributed by atoms with van der Waals surface area (Å²) in [4.78, 5) is 0. The van der Waals surface area contributed by atoms with Crippen molar-refractivity contribution >= 4 is 5.69 Å². The van der Waals surface area contributed by atoms with Crippen LogP contribution >= 0.6 is 0 Å². The highest BCUT2D eigenvalue weighted by Gasteiger charge is 2.25. The van der Waals surface area contributed by atoms with Crippen molar-refractivity contribution in [2.24, 2.45) is 0 Å². The summed E-state index contributed by atoms with van der Waals surface area (Å²) in [6.45, 7) is 0. The van der Waals surface area contributed by atoms with Crippen LogP contribution in [0.5, 0.6) is 5.75 Å². The van der Waals surface area contributed by atoms with Gasteiger partial charge in [-0.05, 0) is 31.4 Å². The maximum atomic E-state index is 9.60. The molecule has 1 aromatic rings. The van der Waals surface area contributed by atoms with Crippen molar-refractivity contribution in [2.75, 3.05) is 5.32 Å². The lowest BCUT2D eigenvalue weighted by Crippen LogP contribution is -2.27. The minimum absolute atomic E-state index is 0.0864. The third-order valence-electron chi connectivity index (χ3n) is 2.72. The van der Waals surface area contributed by atoms with Crippen molar-refractivity contribution in [1.29, 1.82) is 0 Å². The number of phenolic OH excluding ortho intramolecular Hbond substituents is 1. The number of rotatable bonds is 2. The fraction of sp³-hybridized carbons (Fsp3) is 0.455. The third kappa shape index (κ3) is 1.82. The van der Waals surface area contributed by atoms with Gasteiger partial charge in [0.05, 0.1) is 17.8 Å². The molecule has 0 saturated heterocycles. The first-order valence-corrected chi connectivity index (χ1v) is 5.00. The minimum atomic E-state index is -0.283. The lowest BCUT2D eigenvalue weighted by molar-refractivity contribution is 0.171. The Kier molecular flexibility index (Phi) is 2.59. The molecule has 1 aliphatic carbocycles. The number of anilines is 1. The monoisotopic (exact) mass is 193 g/mol. The number of aliphatic hydroxyl groups excluding tert-OH is 1. The van der Waals surface area contributed by atoms with Gasteiger partial charge in [0, 0.05) is 0 Å². The molecule has 0 amide bonds. The fourth-order valence-electron chi connectivity index (χ4n) is 1.90. The number of hydrogen-bond acceptors (Lipinski definition) is 3. The van der Waals surface area contributed by atoms with Crippen LogP contribution in [0.3, 0.4) is 0 Å². The Morgan fingerprint density at radius 3 is 2.64 bits per heavy atom. The zero-order valence-electron chi connectivity index (χ0n) is 7.98. The number of nitrogens with one attached hydrogen (secondary N) is 1. The van der Waals surface area contributed by atoms with E-state index >= 15 is 0 Å². The number of hydrogen-bond donors (Lipinski definition) is 3. The van der Waals surface area contributed by atoms with Crippen molar-refractivity contribution in [2.45, 2.75) is 31.4 Å². The second-order valence-corrected chi connectivity index (χ2v) is 3.77. The molecule has 76 valence electrons. The van der Waals surface area contributed by atoms with Crippen LogP contribution in [0.2, 0.25) is 0 Å². The van der Waals surface area contributed by atoms with Crippen molar-refractivity contribution in [3.63, 3.8) is 0 Å². The van der Waals surface area contributed by atoms with Gasteiger partial charge in [-0.3, -0.25) is 0 Å². The predicted octanol–water partition coefficient (Wildman–Crippen LogP) is 1.72. The maximum Gasteiger partial charge on any atom is 0.138 e. The molecule has 2 atom stereocenters. The standard InChI is InChI=1S/C11H15NO2/c13-10-6-2-1-4-8(10)12-9-5-3-7-11(9)14/h1-2,4,6,9,11-14H,3,5,7H2/t9-,11-/m1/s1. The quantitative estimate of drug-likeness (QED) is 0.627. The zero-order valence-corrected chi connectivity index (χ0v) is 7.98. The highest BCUT2D eigenvalue weighted by Crippen LogP contribution is 2.27. The zero-order chi connectivity index (χ0) is 9.97. The molecule has 0 aromatic heterocycles. The largest absolute Gasteiger partial charge is 0.506 e. The van der Waals surface area contributed by atoms with E-state index in [1.54, 1.807) is 12.1 Å². The van der Waals surface area contributed by atoms with E-state index in [4.69, 9.17) is 0 Å². The van der Waals surface area contributed by atoms with Crippen molar-refractivity contribution in [3.8, 4) is 5.75 Å². The molecular weight excluding hydrogens is 178 g/mol. The van der Waals surface area contributed by atoms with Gasteiger partial charge >= 0.3 is 0 Å². The van der Waals surface area contributed by atoms with Gasteiger partial charge in [-0.1, -0.05) is 12.1 Å². The molecule has 0 bridgehead atoms. The van der Waals surface area contributed by atoms with E-state index in [1.165, 1.54) is 0 Å². The summed E-state index contributed by atoms with van der Waals surface area (Å²) in [7, 11) is 0. The van der Waals surface area contributed by atoms with Crippen LogP contribution in [0.25, 0.3) is 0 Å². The van der Waals surface area contributed by atoms with Crippen molar-refractivity contribution in [1.82, 2.24) is 0 Å². The van der Waals surface area contributed by atoms with E-state index in [1.807, 2.05) is 12.1 Å². The van der Waals surface area contributed by atoms with Crippen molar-refractivity contribution < 1.29 is 10.2 Å². The van der Waals surface area contributed by atoms with Crippen LogP contribution in [0, 0.1) is 0 Å². The average Bonchev–Trinajstić information content (AvgIpc) is 2.56. The summed E-state index contributed by atoms with van der Waals surface area (Å²) >= 11 is 0. The predicted molar refractivity (Wildman–Crippen MR) is 55.4 cm³/mol. The van der Waals surface area contributed by atoms with Crippen LogP contribution in [0.4, 0.5) is 5.69 Å². The molecule has 1 saturated carbocycles. The number of aromatic hydroxyl groups is 1. The van der Waals surface area contributed by atoms with Gasteiger partial charge in [-0.2, -0.15) is 0 Å². The molecule has 0 aliphatic heterocycles. The molecule has 1 aliphatic rings. The summed E-state index contributed by atoms with van der Waals surface area (Å²) < 4.78 is 0. The fourth-order valence-corrected chi connectivity index (χ4v) is 1.90. The summed E-state index contributed by atoms with van der Waals surface area (Å²) in [6.07, 6.45) is 2.59. The molecule has 0 unspecified atom stereocenters. The smallest absolute Gasteiger partial charge is 0.138 e. The lowest BCUT2D eigenvalue weighted by Gasteiger charge is -2.18. The van der Waals surface area contributed by atoms with Gasteiger partial charge in [0.25, 0.3) is 0 Å². The Morgan fingerprint density at radius 1 is 1.21 bits per heavy atom. The highest BCUT2D eigenvalue weighted by atomic mass is 16.3. The lowest BCUT2D eigenvalue weighted by atomic mass is 10.2. The Labute approximate surface area is 83.4 Å². The Bertz CT molecular complexity index is 314. The van der Waals surface area contributed by atoms with Gasteiger partial charge in [0.2, 0.25) is 0 Å². The maximum absolute atomic E-state index is 9.60. The molecule has 1 fully saturated rings. The second-order valence-electron chi connectivity index (χ2n) is 3.77.